The van der Waals surface area contributed by atoms with Crippen LogP contribution in [0.15, 0.2) is 0 Å². The van der Waals surface area contributed by atoms with Crippen LogP contribution < -0.4 is 5.73 Å². The van der Waals surface area contributed by atoms with Gasteiger partial charge in [-0.05, 0) is 32.2 Å². The Morgan fingerprint density at radius 2 is 1.85 bits per heavy atom. The van der Waals surface area contributed by atoms with Gasteiger partial charge in [0.05, 0.1) is 5.41 Å². The molecule has 1 saturated carbocycles. The van der Waals surface area contributed by atoms with Crippen LogP contribution in [0.25, 0.3) is 0 Å². The van der Waals surface area contributed by atoms with Crippen LogP contribution in [-0.2, 0) is 9.59 Å². The molecule has 1 aliphatic rings. The summed E-state index contributed by atoms with van der Waals surface area (Å²) in [6, 6.07) is 0. The van der Waals surface area contributed by atoms with E-state index in [2.05, 4.69) is 12.6 Å². The second-order valence-electron chi connectivity index (χ2n) is 4.56. The molecule has 0 bridgehead atoms. The summed E-state index contributed by atoms with van der Waals surface area (Å²) in [5.41, 5.74) is 4.80. The lowest BCUT2D eigenvalue weighted by atomic mass is 9.81. The Labute approximate surface area is 119 Å². The fraction of sp³-hybridized carbons (Fsp3) is 0.818. The molecule has 5 nitrogen and oxygen atoms in total. The van der Waals surface area contributed by atoms with Crippen molar-refractivity contribution in [1.82, 2.24) is 0 Å². The minimum Gasteiger partial charge on any atom is -0.481 e. The molecule has 1 aliphatic carbocycles. The molecule has 0 unspecified atom stereocenters. The van der Waals surface area contributed by atoms with E-state index in [1.165, 1.54) is 0 Å². The van der Waals surface area contributed by atoms with E-state index in [0.717, 1.165) is 25.7 Å². The van der Waals surface area contributed by atoms with Crippen molar-refractivity contribution in [3.8, 4) is 0 Å². The van der Waals surface area contributed by atoms with Gasteiger partial charge in [-0.25, -0.2) is 4.79 Å². The van der Waals surface area contributed by atoms with Gasteiger partial charge in [0.15, 0.2) is 0 Å². The number of nitrogens with two attached hydrogens (primary N) is 1. The zero-order valence-electron chi connectivity index (χ0n) is 10.7. The highest BCUT2D eigenvalue weighted by Crippen LogP contribution is 2.45. The SMILES string of the molecule is NCCC[C@@]1(C(=O)O)CCC[C@@H]1S.O=C(O)C(F)(F)F. The van der Waals surface area contributed by atoms with Crippen molar-refractivity contribution in [3.63, 3.8) is 0 Å². The number of alkyl halides is 3. The van der Waals surface area contributed by atoms with Crippen molar-refractivity contribution in [1.29, 1.82) is 0 Å². The molecule has 4 N–H and O–H groups in total. The highest BCUT2D eigenvalue weighted by Gasteiger charge is 2.46. The number of thiol groups is 1. The molecule has 0 aromatic heterocycles. The zero-order valence-corrected chi connectivity index (χ0v) is 11.6. The third-order valence-electron chi connectivity index (χ3n) is 3.23. The molecule has 118 valence electrons. The maximum Gasteiger partial charge on any atom is 0.490 e. The number of hydrogen-bond donors (Lipinski definition) is 4. The Hall–Kier alpha value is -0.960. The number of halogens is 3. The van der Waals surface area contributed by atoms with E-state index < -0.39 is 23.5 Å². The number of hydrogen-bond acceptors (Lipinski definition) is 4. The van der Waals surface area contributed by atoms with E-state index in [4.69, 9.17) is 15.6 Å². The first-order valence-corrected chi connectivity index (χ1v) is 6.51. The normalized spacial score (nSPS) is 25.8. The highest BCUT2D eigenvalue weighted by molar-refractivity contribution is 7.81. The van der Waals surface area contributed by atoms with Gasteiger partial charge in [-0.3, -0.25) is 4.79 Å². The van der Waals surface area contributed by atoms with Crippen LogP contribution in [0.4, 0.5) is 13.2 Å². The van der Waals surface area contributed by atoms with Crippen molar-refractivity contribution >= 4 is 24.6 Å². The Kier molecular flexibility index (Phi) is 7.35. The lowest BCUT2D eigenvalue weighted by Crippen LogP contribution is -2.36. The van der Waals surface area contributed by atoms with Gasteiger partial charge < -0.3 is 15.9 Å². The topological polar surface area (TPSA) is 101 Å². The molecule has 0 heterocycles. The van der Waals surface area contributed by atoms with Gasteiger partial charge >= 0.3 is 18.1 Å². The molecule has 0 amide bonds. The van der Waals surface area contributed by atoms with E-state index >= 15 is 0 Å². The van der Waals surface area contributed by atoms with Gasteiger partial charge in [-0.2, -0.15) is 25.8 Å². The van der Waals surface area contributed by atoms with Crippen LogP contribution in [-0.4, -0.2) is 40.1 Å². The summed E-state index contributed by atoms with van der Waals surface area (Å²) in [6.45, 7) is 0.565. The molecule has 2 atom stereocenters. The van der Waals surface area contributed by atoms with Crippen molar-refractivity contribution in [3.05, 3.63) is 0 Å². The van der Waals surface area contributed by atoms with Crippen LogP contribution in [0, 0.1) is 5.41 Å². The molecule has 0 aliphatic heterocycles. The standard InChI is InChI=1S/C9H17NO2S.C2HF3O2/c10-6-2-5-9(8(11)12)4-1-3-7(9)13;3-2(4,5)1(6)7/h7,13H,1-6,10H2,(H,11,12);(H,6,7)/t7-,9-;/m0./s1. The lowest BCUT2D eigenvalue weighted by Gasteiger charge is -2.28. The van der Waals surface area contributed by atoms with Gasteiger partial charge in [0.25, 0.3) is 0 Å². The summed E-state index contributed by atoms with van der Waals surface area (Å²) in [5, 5.41) is 16.3. The van der Waals surface area contributed by atoms with E-state index in [9.17, 15) is 23.1 Å². The fourth-order valence-corrected chi connectivity index (χ4v) is 2.67. The molecule has 0 aromatic carbocycles. The molecule has 0 spiro atoms. The Balaban J connectivity index is 0.000000441. The molecular formula is C11H18F3NO4S. The minimum atomic E-state index is -5.08. The largest absolute Gasteiger partial charge is 0.490 e. The van der Waals surface area contributed by atoms with Gasteiger partial charge in [0, 0.05) is 5.25 Å². The van der Waals surface area contributed by atoms with Gasteiger partial charge in [0.1, 0.15) is 0 Å². The molecule has 9 heteroatoms. The van der Waals surface area contributed by atoms with E-state index in [-0.39, 0.29) is 5.25 Å². The number of carboxylic acid groups (broad SMARTS) is 2. The maximum absolute atomic E-state index is 11.2. The minimum absolute atomic E-state index is 0.0107. The third kappa shape index (κ3) is 5.20. The van der Waals surface area contributed by atoms with Crippen molar-refractivity contribution in [2.24, 2.45) is 11.1 Å². The summed E-state index contributed by atoms with van der Waals surface area (Å²) >= 11 is 4.36. The molecule has 0 aromatic rings. The van der Waals surface area contributed by atoms with Gasteiger partial charge in [-0.1, -0.05) is 6.42 Å². The lowest BCUT2D eigenvalue weighted by molar-refractivity contribution is -0.192. The first kappa shape index (κ1) is 19.0. The van der Waals surface area contributed by atoms with Crippen LogP contribution >= 0.6 is 12.6 Å². The van der Waals surface area contributed by atoms with Crippen molar-refractivity contribution in [2.45, 2.75) is 43.5 Å². The van der Waals surface area contributed by atoms with E-state index in [0.29, 0.717) is 13.0 Å². The molecule has 1 fully saturated rings. The quantitative estimate of drug-likeness (QED) is 0.594. The first-order chi connectivity index (χ1) is 9.08. The predicted molar refractivity (Wildman–Crippen MR) is 68.7 cm³/mol. The summed E-state index contributed by atoms with van der Waals surface area (Å²) in [4.78, 5) is 20.0. The molecular weight excluding hydrogens is 299 g/mol. The fourth-order valence-electron chi connectivity index (χ4n) is 2.12. The van der Waals surface area contributed by atoms with Crippen molar-refractivity contribution < 1.29 is 33.0 Å². The number of rotatable bonds is 4. The molecule has 1 rings (SSSR count). The molecule has 0 radical (unpaired) electrons. The van der Waals surface area contributed by atoms with Gasteiger partial charge in [0.2, 0.25) is 0 Å². The van der Waals surface area contributed by atoms with E-state index in [1.54, 1.807) is 0 Å². The second-order valence-corrected chi connectivity index (χ2v) is 5.19. The van der Waals surface area contributed by atoms with E-state index in [1.807, 2.05) is 0 Å². The maximum atomic E-state index is 11.2. The summed E-state index contributed by atoms with van der Waals surface area (Å²) < 4.78 is 31.7. The molecule has 20 heavy (non-hydrogen) atoms. The zero-order chi connectivity index (χ0) is 16.0. The first-order valence-electron chi connectivity index (χ1n) is 5.99. The number of aliphatic carboxylic acids is 2. The number of carboxylic acids is 2. The van der Waals surface area contributed by atoms with Crippen LogP contribution in [0.2, 0.25) is 0 Å². The summed E-state index contributed by atoms with van der Waals surface area (Å²) in [7, 11) is 0. The van der Waals surface area contributed by atoms with Crippen LogP contribution in [0.5, 0.6) is 0 Å². The van der Waals surface area contributed by atoms with Gasteiger partial charge in [-0.15, -0.1) is 0 Å². The molecule has 0 saturated heterocycles. The third-order valence-corrected chi connectivity index (χ3v) is 3.99. The number of carbonyl (C=O) groups is 2. The Bertz CT molecular complexity index is 351. The smallest absolute Gasteiger partial charge is 0.481 e. The monoisotopic (exact) mass is 317 g/mol. The second kappa shape index (κ2) is 7.72. The Morgan fingerprint density at radius 3 is 2.10 bits per heavy atom. The highest BCUT2D eigenvalue weighted by atomic mass is 32.1. The van der Waals surface area contributed by atoms with Crippen molar-refractivity contribution in [2.75, 3.05) is 6.54 Å². The van der Waals surface area contributed by atoms with Crippen LogP contribution in [0.1, 0.15) is 32.1 Å². The Morgan fingerprint density at radius 1 is 1.35 bits per heavy atom. The average Bonchev–Trinajstić information content (AvgIpc) is 2.68. The average molecular weight is 317 g/mol. The van der Waals surface area contributed by atoms with Crippen LogP contribution in [0.3, 0.4) is 0 Å². The predicted octanol–water partition coefficient (Wildman–Crippen LogP) is 1.91. The summed E-state index contributed by atoms with van der Waals surface area (Å²) in [6.07, 6.45) is -0.974. The summed E-state index contributed by atoms with van der Waals surface area (Å²) in [5.74, 6) is -3.45.